The Bertz CT molecular complexity index is 210. The Balaban J connectivity index is 0.000000461. The summed E-state index contributed by atoms with van der Waals surface area (Å²) in [5.41, 5.74) is 7.69. The highest BCUT2D eigenvalue weighted by atomic mass is 16.1. The van der Waals surface area contributed by atoms with E-state index in [1.165, 1.54) is 5.56 Å². The molecule has 0 bridgehead atoms. The molecule has 1 aromatic carbocycles. The summed E-state index contributed by atoms with van der Waals surface area (Å²) in [6.07, 6.45) is 1.06. The topological polar surface area (TPSA) is 43.1 Å². The van der Waals surface area contributed by atoms with Crippen LogP contribution in [-0.2, 0) is 11.2 Å². The van der Waals surface area contributed by atoms with Crippen LogP contribution in [0.1, 0.15) is 12.5 Å². The minimum atomic E-state index is 0.856. The van der Waals surface area contributed by atoms with Gasteiger partial charge in [0, 0.05) is 5.69 Å². The van der Waals surface area contributed by atoms with Gasteiger partial charge in [-0.25, -0.2) is 0 Å². The van der Waals surface area contributed by atoms with E-state index in [0.717, 1.165) is 12.1 Å². The predicted molar refractivity (Wildman–Crippen MR) is 47.4 cm³/mol. The third kappa shape index (κ3) is 3.40. The van der Waals surface area contributed by atoms with E-state index < -0.39 is 0 Å². The van der Waals surface area contributed by atoms with Gasteiger partial charge in [0.05, 0.1) is 0 Å². The molecule has 0 saturated heterocycles. The van der Waals surface area contributed by atoms with Gasteiger partial charge < -0.3 is 10.5 Å². The lowest BCUT2D eigenvalue weighted by Gasteiger charge is -1.95. The van der Waals surface area contributed by atoms with Crippen molar-refractivity contribution in [2.75, 3.05) is 5.73 Å². The average molecular weight is 151 g/mol. The van der Waals surface area contributed by atoms with Gasteiger partial charge in [-0.2, -0.15) is 0 Å². The van der Waals surface area contributed by atoms with E-state index in [2.05, 4.69) is 13.0 Å². The number of rotatable bonds is 1. The summed E-state index contributed by atoms with van der Waals surface area (Å²) < 4.78 is 0. The maximum Gasteiger partial charge on any atom is 0.106 e. The van der Waals surface area contributed by atoms with Crippen molar-refractivity contribution in [2.45, 2.75) is 13.3 Å². The highest BCUT2D eigenvalue weighted by Crippen LogP contribution is 2.05. The number of aryl methyl sites for hydroxylation is 1. The van der Waals surface area contributed by atoms with Gasteiger partial charge in [-0.05, 0) is 24.1 Å². The van der Waals surface area contributed by atoms with Crippen LogP contribution >= 0.6 is 0 Å². The number of benzene rings is 1. The molecule has 0 aliphatic carbocycles. The van der Waals surface area contributed by atoms with Crippen LogP contribution < -0.4 is 5.73 Å². The van der Waals surface area contributed by atoms with E-state index in [1.807, 2.05) is 25.0 Å². The lowest BCUT2D eigenvalue weighted by atomic mass is 10.1. The van der Waals surface area contributed by atoms with Crippen molar-refractivity contribution in [3.63, 3.8) is 0 Å². The summed E-state index contributed by atoms with van der Waals surface area (Å²) in [7, 11) is 0. The van der Waals surface area contributed by atoms with Crippen molar-refractivity contribution in [3.05, 3.63) is 29.8 Å². The smallest absolute Gasteiger partial charge is 0.106 e. The van der Waals surface area contributed by atoms with Crippen LogP contribution in [0, 0.1) is 0 Å². The molecule has 1 rings (SSSR count). The van der Waals surface area contributed by atoms with E-state index in [0.29, 0.717) is 0 Å². The Hall–Kier alpha value is -1.31. The van der Waals surface area contributed by atoms with E-state index in [4.69, 9.17) is 10.5 Å². The highest BCUT2D eigenvalue weighted by molar-refractivity contribution is 5.40. The highest BCUT2D eigenvalue weighted by Gasteiger charge is 1.86. The fourth-order valence-corrected chi connectivity index (χ4v) is 0.813. The molecule has 2 nitrogen and oxygen atoms in total. The first-order valence-corrected chi connectivity index (χ1v) is 3.46. The molecule has 2 N–H and O–H groups in total. The largest absolute Gasteiger partial charge is 0.399 e. The molecule has 1 aromatic rings. The maximum absolute atomic E-state index is 8.00. The van der Waals surface area contributed by atoms with Crippen molar-refractivity contribution in [1.29, 1.82) is 0 Å². The van der Waals surface area contributed by atoms with Gasteiger partial charge in [0.15, 0.2) is 0 Å². The quantitative estimate of drug-likeness (QED) is 0.620. The second-order valence-electron chi connectivity index (χ2n) is 2.10. The van der Waals surface area contributed by atoms with Crippen LogP contribution in [0.5, 0.6) is 0 Å². The first-order chi connectivity index (χ1) is 5.33. The van der Waals surface area contributed by atoms with E-state index in [1.54, 1.807) is 0 Å². The molecule has 0 radical (unpaired) electrons. The van der Waals surface area contributed by atoms with Crippen LogP contribution in [0.3, 0.4) is 0 Å². The molecule has 0 unspecified atom stereocenters. The number of hydrogen-bond donors (Lipinski definition) is 1. The molecule has 0 spiro atoms. The fourth-order valence-electron chi connectivity index (χ4n) is 0.813. The average Bonchev–Trinajstić information content (AvgIpc) is 2.08. The molecule has 0 amide bonds. The standard InChI is InChI=1S/C8H11N.CH2O/c1-2-7-4-3-5-8(9)6-7;1-2/h3-6H,2,9H2,1H3;1H2. The molecule has 2 heteroatoms. The van der Waals surface area contributed by atoms with Crippen molar-refractivity contribution in [3.8, 4) is 0 Å². The van der Waals surface area contributed by atoms with Crippen molar-refractivity contribution in [2.24, 2.45) is 0 Å². The number of carbonyl (C=O) groups excluding carboxylic acids is 1. The van der Waals surface area contributed by atoms with Gasteiger partial charge in [-0.3, -0.25) is 0 Å². The molecule has 11 heavy (non-hydrogen) atoms. The van der Waals surface area contributed by atoms with Gasteiger partial charge in [0.1, 0.15) is 6.79 Å². The number of carbonyl (C=O) groups is 1. The lowest BCUT2D eigenvalue weighted by molar-refractivity contribution is -0.0979. The van der Waals surface area contributed by atoms with Gasteiger partial charge >= 0.3 is 0 Å². The van der Waals surface area contributed by atoms with Gasteiger partial charge in [-0.1, -0.05) is 19.1 Å². The van der Waals surface area contributed by atoms with E-state index in [-0.39, 0.29) is 0 Å². The molecule has 0 heterocycles. The zero-order valence-corrected chi connectivity index (χ0v) is 6.71. The Kier molecular flexibility index (Phi) is 4.82. The molecule has 0 saturated carbocycles. The van der Waals surface area contributed by atoms with Crippen LogP contribution in [0.2, 0.25) is 0 Å². The summed E-state index contributed by atoms with van der Waals surface area (Å²) in [6.45, 7) is 4.12. The monoisotopic (exact) mass is 151 g/mol. The molecule has 0 aromatic heterocycles. The zero-order chi connectivity index (χ0) is 8.69. The van der Waals surface area contributed by atoms with Gasteiger partial charge in [-0.15, -0.1) is 0 Å². The fraction of sp³-hybridized carbons (Fsp3) is 0.222. The molecule has 0 fully saturated rings. The minimum absolute atomic E-state index is 0.856. The number of hydrogen-bond acceptors (Lipinski definition) is 2. The Morgan fingerprint density at radius 1 is 1.45 bits per heavy atom. The Morgan fingerprint density at radius 2 is 2.09 bits per heavy atom. The summed E-state index contributed by atoms with van der Waals surface area (Å²) >= 11 is 0. The van der Waals surface area contributed by atoms with E-state index >= 15 is 0 Å². The predicted octanol–water partition coefficient (Wildman–Crippen LogP) is 1.65. The first-order valence-electron chi connectivity index (χ1n) is 3.46. The number of anilines is 1. The second-order valence-corrected chi connectivity index (χ2v) is 2.10. The second kappa shape index (κ2) is 5.47. The SMILES string of the molecule is C=O.CCc1cccc(N)c1. The normalized spacial score (nSPS) is 8.09. The molecule has 0 atom stereocenters. The zero-order valence-electron chi connectivity index (χ0n) is 6.71. The maximum atomic E-state index is 8.00. The molecule has 0 aliphatic rings. The van der Waals surface area contributed by atoms with Crippen molar-refractivity contribution >= 4 is 12.5 Å². The Morgan fingerprint density at radius 3 is 2.45 bits per heavy atom. The van der Waals surface area contributed by atoms with Gasteiger partial charge in [0.2, 0.25) is 0 Å². The van der Waals surface area contributed by atoms with Crippen LogP contribution in [0.4, 0.5) is 5.69 Å². The first kappa shape index (κ1) is 9.69. The van der Waals surface area contributed by atoms with E-state index in [9.17, 15) is 0 Å². The summed E-state index contributed by atoms with van der Waals surface area (Å²) in [5, 5.41) is 0. The lowest BCUT2D eigenvalue weighted by Crippen LogP contribution is -1.85. The van der Waals surface area contributed by atoms with Crippen molar-refractivity contribution < 1.29 is 4.79 Å². The van der Waals surface area contributed by atoms with Crippen LogP contribution in [0.25, 0.3) is 0 Å². The number of nitrogen functional groups attached to an aromatic ring is 1. The third-order valence-corrected chi connectivity index (χ3v) is 1.36. The summed E-state index contributed by atoms with van der Waals surface area (Å²) in [5.74, 6) is 0. The van der Waals surface area contributed by atoms with Crippen molar-refractivity contribution in [1.82, 2.24) is 0 Å². The van der Waals surface area contributed by atoms with Gasteiger partial charge in [0.25, 0.3) is 0 Å². The summed E-state index contributed by atoms with van der Waals surface area (Å²) in [4.78, 5) is 8.00. The minimum Gasteiger partial charge on any atom is -0.399 e. The molecular weight excluding hydrogens is 138 g/mol. The van der Waals surface area contributed by atoms with Crippen LogP contribution in [-0.4, -0.2) is 6.79 Å². The third-order valence-electron chi connectivity index (χ3n) is 1.36. The molecular formula is C9H13NO. The molecule has 60 valence electrons. The molecule has 0 aliphatic heterocycles. The summed E-state index contributed by atoms with van der Waals surface area (Å²) in [6, 6.07) is 7.96. The number of nitrogens with two attached hydrogens (primary N) is 1. The van der Waals surface area contributed by atoms with Crippen LogP contribution in [0.15, 0.2) is 24.3 Å². The Labute approximate surface area is 67.0 Å².